The molecule has 0 fully saturated rings. The van der Waals surface area contributed by atoms with E-state index in [2.05, 4.69) is 66.7 Å². The summed E-state index contributed by atoms with van der Waals surface area (Å²) in [7, 11) is -3.66. The number of hydrogen-bond acceptors (Lipinski definition) is 10. The first-order valence-electron chi connectivity index (χ1n) is 13.5. The van der Waals surface area contributed by atoms with Crippen LogP contribution in [0.5, 0.6) is 0 Å². The molecule has 0 saturated carbocycles. The first-order valence-corrected chi connectivity index (χ1v) is 15.2. The molecule has 0 aliphatic heterocycles. The van der Waals surface area contributed by atoms with Crippen LogP contribution in [0.1, 0.15) is 34.6 Å². The van der Waals surface area contributed by atoms with Gasteiger partial charge in [0.2, 0.25) is 0 Å². The highest BCUT2D eigenvalue weighted by atomic mass is 32.2. The Morgan fingerprint density at radius 3 is 1.44 bits per heavy atom. The lowest BCUT2D eigenvalue weighted by Gasteiger charge is -2.08. The topological polar surface area (TPSA) is 225 Å². The average Bonchev–Trinajstić information content (AvgIpc) is 3.54. The van der Waals surface area contributed by atoms with Gasteiger partial charge in [-0.3, -0.25) is 14.5 Å². The van der Waals surface area contributed by atoms with Gasteiger partial charge >= 0.3 is 0 Å². The zero-order valence-corrected chi connectivity index (χ0v) is 25.6. The molecule has 6 rings (SSSR count). The Bertz CT molecular complexity index is 1830. The standard InChI is InChI=1S/2C13H15N5.C2H6O3S.H2O/c2*1-8(2)6-18-7-16-11-12(18)10-9(17-13(11)14)4-3-5-15-10;1-2-6(3,4)5;/h2*3-5,7-8H,6H2,1-2H3,(H2,14,17);2H2,1H3,(H,3,4,5);1H2. The molecule has 14 nitrogen and oxygen atoms in total. The van der Waals surface area contributed by atoms with Gasteiger partial charge < -0.3 is 26.1 Å². The Morgan fingerprint density at radius 1 is 0.744 bits per heavy atom. The molecule has 6 heterocycles. The molecule has 0 radical (unpaired) electrons. The molecule has 0 spiro atoms. The second-order valence-electron chi connectivity index (χ2n) is 10.6. The van der Waals surface area contributed by atoms with Crippen molar-refractivity contribution in [1.82, 2.24) is 39.0 Å². The van der Waals surface area contributed by atoms with E-state index in [4.69, 9.17) is 16.0 Å². The summed E-state index contributed by atoms with van der Waals surface area (Å²) in [5, 5.41) is 0. The molecule has 0 aliphatic carbocycles. The van der Waals surface area contributed by atoms with Crippen LogP contribution in [0.25, 0.3) is 44.1 Å². The number of nitrogens with two attached hydrogens (primary N) is 2. The van der Waals surface area contributed by atoms with Gasteiger partial charge in [0.25, 0.3) is 10.1 Å². The Labute approximate surface area is 249 Å². The lowest BCUT2D eigenvalue weighted by atomic mass is 10.2. The Balaban J connectivity index is 0.000000195. The molecular weight excluding hydrogens is 572 g/mol. The van der Waals surface area contributed by atoms with Gasteiger partial charge in [-0.05, 0) is 43.0 Å². The number of rotatable bonds is 5. The minimum absolute atomic E-state index is 0. The third kappa shape index (κ3) is 7.68. The zero-order valence-electron chi connectivity index (χ0n) is 24.8. The van der Waals surface area contributed by atoms with E-state index in [1.807, 2.05) is 36.9 Å². The second-order valence-corrected chi connectivity index (χ2v) is 12.3. The monoisotopic (exact) mass is 610 g/mol. The maximum Gasteiger partial charge on any atom is 0.264 e. The smallest absolute Gasteiger partial charge is 0.264 e. The molecular formula is C28H38N10O4S. The van der Waals surface area contributed by atoms with E-state index < -0.39 is 10.1 Å². The Hall–Kier alpha value is -4.47. The van der Waals surface area contributed by atoms with Crippen molar-refractivity contribution in [3.05, 3.63) is 49.3 Å². The number of pyridine rings is 4. The van der Waals surface area contributed by atoms with E-state index in [0.717, 1.165) is 57.2 Å². The summed E-state index contributed by atoms with van der Waals surface area (Å²) in [5.74, 6) is 1.81. The predicted octanol–water partition coefficient (Wildman–Crippen LogP) is 3.50. The molecule has 0 bridgehead atoms. The lowest BCUT2D eigenvalue weighted by Crippen LogP contribution is -2.04. The minimum Gasteiger partial charge on any atom is -0.412 e. The van der Waals surface area contributed by atoms with E-state index in [9.17, 15) is 8.42 Å². The number of nitrogen functional groups attached to an aromatic ring is 2. The maximum atomic E-state index is 9.56. The highest BCUT2D eigenvalue weighted by molar-refractivity contribution is 7.85. The van der Waals surface area contributed by atoms with Gasteiger partial charge in [-0.15, -0.1) is 0 Å². The van der Waals surface area contributed by atoms with Gasteiger partial charge in [0.1, 0.15) is 33.1 Å². The van der Waals surface area contributed by atoms with E-state index in [1.54, 1.807) is 12.4 Å². The molecule has 0 aromatic carbocycles. The molecule has 43 heavy (non-hydrogen) atoms. The van der Waals surface area contributed by atoms with Crippen molar-refractivity contribution >= 4 is 65.9 Å². The predicted molar refractivity (Wildman–Crippen MR) is 170 cm³/mol. The number of imidazole rings is 2. The number of aromatic nitrogens is 8. The fraction of sp³-hybridized carbons (Fsp3) is 0.357. The summed E-state index contributed by atoms with van der Waals surface area (Å²) in [6, 6.07) is 7.57. The fourth-order valence-corrected chi connectivity index (χ4v) is 4.40. The summed E-state index contributed by atoms with van der Waals surface area (Å²) in [6.45, 7) is 11.8. The van der Waals surface area contributed by atoms with E-state index in [1.165, 1.54) is 6.92 Å². The van der Waals surface area contributed by atoms with Crippen LogP contribution in [0.15, 0.2) is 49.3 Å². The Kier molecular flexibility index (Phi) is 10.5. The third-order valence-electron chi connectivity index (χ3n) is 6.15. The molecule has 6 aromatic rings. The van der Waals surface area contributed by atoms with Gasteiger partial charge in [0.05, 0.1) is 29.4 Å². The largest absolute Gasteiger partial charge is 0.412 e. The van der Waals surface area contributed by atoms with Crippen LogP contribution in [-0.4, -0.2) is 63.2 Å². The molecule has 7 N–H and O–H groups in total. The maximum absolute atomic E-state index is 9.56. The number of anilines is 2. The van der Waals surface area contributed by atoms with Crippen molar-refractivity contribution in [2.45, 2.75) is 47.7 Å². The van der Waals surface area contributed by atoms with Crippen molar-refractivity contribution < 1.29 is 18.4 Å². The summed E-state index contributed by atoms with van der Waals surface area (Å²) >= 11 is 0. The van der Waals surface area contributed by atoms with Crippen molar-refractivity contribution in [1.29, 1.82) is 0 Å². The number of hydrogen-bond donors (Lipinski definition) is 3. The average molecular weight is 611 g/mol. The minimum atomic E-state index is -3.66. The summed E-state index contributed by atoms with van der Waals surface area (Å²) in [4.78, 5) is 26.2. The van der Waals surface area contributed by atoms with Crippen LogP contribution in [0.4, 0.5) is 11.6 Å². The van der Waals surface area contributed by atoms with E-state index in [-0.39, 0.29) is 11.2 Å². The number of nitrogens with zero attached hydrogens (tertiary/aromatic N) is 8. The molecule has 0 atom stereocenters. The molecule has 0 unspecified atom stereocenters. The molecule has 15 heteroatoms. The van der Waals surface area contributed by atoms with Crippen LogP contribution >= 0.6 is 0 Å². The van der Waals surface area contributed by atoms with Gasteiger partial charge in [0, 0.05) is 25.5 Å². The molecule has 0 aliphatic rings. The van der Waals surface area contributed by atoms with Crippen molar-refractivity contribution in [2.75, 3.05) is 17.2 Å². The SMILES string of the molecule is CC(C)Cn1cnc2c(N)nc3cccnc3c21.CC(C)Cn1cnc2c(N)nc3cccnc3c21.CCS(=O)(=O)O.O. The van der Waals surface area contributed by atoms with Crippen molar-refractivity contribution in [3.8, 4) is 0 Å². The summed E-state index contributed by atoms with van der Waals surface area (Å²) < 4.78 is 31.1. The normalized spacial score (nSPS) is 11.4. The van der Waals surface area contributed by atoms with Gasteiger partial charge in [-0.25, -0.2) is 19.9 Å². The van der Waals surface area contributed by atoms with Crippen LogP contribution < -0.4 is 11.5 Å². The molecule has 0 saturated heterocycles. The zero-order chi connectivity index (χ0) is 30.6. The van der Waals surface area contributed by atoms with E-state index in [0.29, 0.717) is 23.5 Å². The molecule has 0 amide bonds. The van der Waals surface area contributed by atoms with Crippen LogP contribution in [0.3, 0.4) is 0 Å². The van der Waals surface area contributed by atoms with Gasteiger partial charge in [-0.1, -0.05) is 27.7 Å². The van der Waals surface area contributed by atoms with Crippen LogP contribution in [-0.2, 0) is 23.2 Å². The molecule has 6 aromatic heterocycles. The first-order chi connectivity index (χ1) is 19.9. The Morgan fingerprint density at radius 2 is 1.12 bits per heavy atom. The van der Waals surface area contributed by atoms with Crippen molar-refractivity contribution in [2.24, 2.45) is 11.8 Å². The molecule has 230 valence electrons. The summed E-state index contributed by atoms with van der Waals surface area (Å²) in [5.41, 5.74) is 18.7. The first kappa shape index (κ1) is 33.0. The van der Waals surface area contributed by atoms with Crippen LogP contribution in [0, 0.1) is 11.8 Å². The van der Waals surface area contributed by atoms with Gasteiger partial charge in [-0.2, -0.15) is 8.42 Å². The third-order valence-corrected chi connectivity index (χ3v) is 6.88. The quantitative estimate of drug-likeness (QED) is 0.239. The highest BCUT2D eigenvalue weighted by Gasteiger charge is 2.14. The highest BCUT2D eigenvalue weighted by Crippen LogP contribution is 2.27. The fourth-order valence-electron chi connectivity index (χ4n) is 4.40. The van der Waals surface area contributed by atoms with Gasteiger partial charge in [0.15, 0.2) is 11.6 Å². The van der Waals surface area contributed by atoms with Crippen LogP contribution in [0.2, 0.25) is 0 Å². The second kappa shape index (κ2) is 13.7. The van der Waals surface area contributed by atoms with E-state index >= 15 is 0 Å². The van der Waals surface area contributed by atoms with Crippen molar-refractivity contribution in [3.63, 3.8) is 0 Å². The summed E-state index contributed by atoms with van der Waals surface area (Å²) in [6.07, 6.45) is 7.17. The number of fused-ring (bicyclic) bond motifs is 6. The lowest BCUT2D eigenvalue weighted by molar-refractivity contribution is 0.484.